The first kappa shape index (κ1) is 18.7. The Morgan fingerprint density at radius 2 is 1.62 bits per heavy atom. The Kier molecular flexibility index (Phi) is 5.84. The van der Waals surface area contributed by atoms with Crippen molar-refractivity contribution in [1.29, 1.82) is 0 Å². The van der Waals surface area contributed by atoms with Crippen molar-refractivity contribution in [2.24, 2.45) is 0 Å². The molecule has 134 valence electrons. The summed E-state index contributed by atoms with van der Waals surface area (Å²) in [5, 5.41) is 0. The van der Waals surface area contributed by atoms with Gasteiger partial charge >= 0.3 is 0 Å². The summed E-state index contributed by atoms with van der Waals surface area (Å²) in [6, 6.07) is 7.38. The van der Waals surface area contributed by atoms with Crippen LogP contribution in [-0.4, -0.2) is 70.9 Å². The van der Waals surface area contributed by atoms with Gasteiger partial charge in [-0.05, 0) is 37.1 Å². The maximum absolute atomic E-state index is 12.5. The fraction of sp³-hybridized carbons (Fsp3) is 0.562. The second-order valence-corrected chi connectivity index (χ2v) is 8.33. The monoisotopic (exact) mass is 354 g/mol. The molecule has 7 nitrogen and oxygen atoms in total. The molecular weight excluding hydrogens is 328 g/mol. The first-order valence-corrected chi connectivity index (χ1v) is 9.41. The minimum atomic E-state index is -3.43. The van der Waals surface area contributed by atoms with Gasteiger partial charge in [0.05, 0.1) is 0 Å². The molecule has 2 rings (SSSR count). The third-order valence-electron chi connectivity index (χ3n) is 4.21. The first-order valence-electron chi connectivity index (χ1n) is 7.97. The zero-order chi connectivity index (χ0) is 17.9. The van der Waals surface area contributed by atoms with Gasteiger partial charge in [-0.25, -0.2) is 0 Å². The number of anilines is 1. The third kappa shape index (κ3) is 4.46. The lowest BCUT2D eigenvalue weighted by Crippen LogP contribution is -2.49. The predicted octanol–water partition coefficient (Wildman–Crippen LogP) is 0.753. The molecule has 24 heavy (non-hydrogen) atoms. The van der Waals surface area contributed by atoms with Crippen LogP contribution in [0.2, 0.25) is 0 Å². The van der Waals surface area contributed by atoms with E-state index in [-0.39, 0.29) is 11.9 Å². The van der Waals surface area contributed by atoms with Gasteiger partial charge in [0.15, 0.2) is 0 Å². The number of piperidine rings is 1. The van der Waals surface area contributed by atoms with Gasteiger partial charge in [0.1, 0.15) is 0 Å². The number of rotatable bonds is 5. The van der Waals surface area contributed by atoms with E-state index < -0.39 is 10.2 Å². The van der Waals surface area contributed by atoms with E-state index in [1.165, 1.54) is 14.1 Å². The van der Waals surface area contributed by atoms with E-state index in [9.17, 15) is 13.2 Å². The van der Waals surface area contributed by atoms with Crippen LogP contribution in [0.25, 0.3) is 0 Å². The summed E-state index contributed by atoms with van der Waals surface area (Å²) in [4.78, 5) is 16.3. The van der Waals surface area contributed by atoms with E-state index in [1.54, 1.807) is 4.90 Å². The molecule has 0 unspecified atom stereocenters. The molecule has 1 aliphatic rings. The van der Waals surface area contributed by atoms with E-state index in [0.717, 1.165) is 9.99 Å². The highest BCUT2D eigenvalue weighted by Crippen LogP contribution is 2.17. The Morgan fingerprint density at radius 3 is 2.08 bits per heavy atom. The number of hydrogen-bond donors (Lipinski definition) is 1. The largest absolute Gasteiger partial charge is 0.378 e. The van der Waals surface area contributed by atoms with Gasteiger partial charge in [-0.15, -0.1) is 0 Å². The van der Waals surface area contributed by atoms with Gasteiger partial charge < -0.3 is 9.80 Å². The molecule has 0 radical (unpaired) electrons. The topological polar surface area (TPSA) is 73.0 Å². The van der Waals surface area contributed by atoms with Gasteiger partial charge in [0.25, 0.3) is 16.1 Å². The van der Waals surface area contributed by atoms with Crippen molar-refractivity contribution in [3.05, 3.63) is 29.8 Å². The fourth-order valence-corrected chi connectivity index (χ4v) is 3.47. The third-order valence-corrected chi connectivity index (χ3v) is 5.80. The lowest BCUT2D eigenvalue weighted by molar-refractivity contribution is 0.0711. The lowest BCUT2D eigenvalue weighted by Gasteiger charge is -2.32. The molecule has 0 atom stereocenters. The molecule has 1 N–H and O–H groups in total. The van der Waals surface area contributed by atoms with Crippen molar-refractivity contribution in [2.45, 2.75) is 18.9 Å². The maximum Gasteiger partial charge on any atom is 0.279 e. The molecule has 1 heterocycles. The molecule has 1 aromatic carbocycles. The van der Waals surface area contributed by atoms with Crippen LogP contribution >= 0.6 is 0 Å². The Morgan fingerprint density at radius 1 is 1.08 bits per heavy atom. The minimum Gasteiger partial charge on any atom is -0.378 e. The first-order chi connectivity index (χ1) is 11.2. The standard InChI is InChI=1S/C16H26N4O3S/c1-18(2)15-7-5-13(6-8-15)16(21)20-11-9-14(10-12-20)17-24(22,23)19(3)4/h5-8,14,17H,9-12H2,1-4H3. The van der Waals surface area contributed by atoms with Gasteiger partial charge in [0.2, 0.25) is 0 Å². The zero-order valence-corrected chi connectivity index (χ0v) is 15.5. The fourth-order valence-electron chi connectivity index (χ4n) is 2.60. The average molecular weight is 354 g/mol. The van der Waals surface area contributed by atoms with E-state index in [0.29, 0.717) is 31.5 Å². The number of carbonyl (C=O) groups excluding carboxylic acids is 1. The van der Waals surface area contributed by atoms with E-state index in [1.807, 2.05) is 43.3 Å². The lowest BCUT2D eigenvalue weighted by atomic mass is 10.0. The van der Waals surface area contributed by atoms with Gasteiger partial charge in [-0.2, -0.15) is 17.4 Å². The number of nitrogens with zero attached hydrogens (tertiary/aromatic N) is 3. The number of carbonyl (C=O) groups is 1. The van der Waals surface area contributed by atoms with Crippen molar-refractivity contribution in [3.8, 4) is 0 Å². The van der Waals surface area contributed by atoms with E-state index in [4.69, 9.17) is 0 Å². The molecule has 0 bridgehead atoms. The zero-order valence-electron chi connectivity index (χ0n) is 14.7. The quantitative estimate of drug-likeness (QED) is 0.847. The summed E-state index contributed by atoms with van der Waals surface area (Å²) in [6.45, 7) is 1.10. The van der Waals surface area contributed by atoms with Gasteiger partial charge in [-0.1, -0.05) is 0 Å². The highest BCUT2D eigenvalue weighted by Gasteiger charge is 2.27. The van der Waals surface area contributed by atoms with Gasteiger partial charge in [0, 0.05) is 58.6 Å². The molecule has 1 aromatic rings. The molecule has 0 spiro atoms. The molecular formula is C16H26N4O3S. The van der Waals surface area contributed by atoms with Gasteiger partial charge in [-0.3, -0.25) is 4.79 Å². The SMILES string of the molecule is CN(C)c1ccc(C(=O)N2CCC(NS(=O)(=O)N(C)C)CC2)cc1. The van der Waals surface area contributed by atoms with Crippen LogP contribution in [0.5, 0.6) is 0 Å². The van der Waals surface area contributed by atoms with Crippen molar-refractivity contribution < 1.29 is 13.2 Å². The normalized spacial score (nSPS) is 16.5. The molecule has 1 aliphatic heterocycles. The highest BCUT2D eigenvalue weighted by atomic mass is 32.2. The Bertz CT molecular complexity index is 663. The van der Waals surface area contributed by atoms with Crippen LogP contribution in [-0.2, 0) is 10.2 Å². The number of amides is 1. The number of hydrogen-bond acceptors (Lipinski definition) is 4. The predicted molar refractivity (Wildman–Crippen MR) is 95.4 cm³/mol. The minimum absolute atomic E-state index is 0.00535. The van der Waals surface area contributed by atoms with Crippen LogP contribution in [0.3, 0.4) is 0 Å². The van der Waals surface area contributed by atoms with Crippen LogP contribution in [0.4, 0.5) is 5.69 Å². The van der Waals surface area contributed by atoms with Crippen LogP contribution in [0.1, 0.15) is 23.2 Å². The summed E-state index contributed by atoms with van der Waals surface area (Å²) in [5.41, 5.74) is 1.70. The van der Waals surface area contributed by atoms with E-state index >= 15 is 0 Å². The Balaban J connectivity index is 1.93. The number of benzene rings is 1. The molecule has 1 saturated heterocycles. The summed E-state index contributed by atoms with van der Waals surface area (Å²) in [5.74, 6) is -0.00535. The Hall–Kier alpha value is -1.64. The second kappa shape index (κ2) is 7.50. The van der Waals surface area contributed by atoms with Crippen LogP contribution in [0.15, 0.2) is 24.3 Å². The smallest absolute Gasteiger partial charge is 0.279 e. The Labute approximate surface area is 144 Å². The average Bonchev–Trinajstić information content (AvgIpc) is 2.54. The molecule has 1 amide bonds. The summed E-state index contributed by atoms with van der Waals surface area (Å²) >= 11 is 0. The van der Waals surface area contributed by atoms with Crippen molar-refractivity contribution in [2.75, 3.05) is 46.2 Å². The molecule has 1 fully saturated rings. The number of nitrogens with one attached hydrogen (secondary N) is 1. The molecule has 0 aromatic heterocycles. The summed E-state index contributed by atoms with van der Waals surface area (Å²) < 4.78 is 27.5. The molecule has 0 saturated carbocycles. The molecule has 0 aliphatic carbocycles. The highest BCUT2D eigenvalue weighted by molar-refractivity contribution is 7.87. The van der Waals surface area contributed by atoms with Crippen molar-refractivity contribution >= 4 is 21.8 Å². The second-order valence-electron chi connectivity index (χ2n) is 6.41. The van der Waals surface area contributed by atoms with Crippen molar-refractivity contribution in [3.63, 3.8) is 0 Å². The summed E-state index contributed by atoms with van der Waals surface area (Å²) in [6.07, 6.45) is 1.24. The summed E-state index contributed by atoms with van der Waals surface area (Å²) in [7, 11) is 3.48. The maximum atomic E-state index is 12.5. The van der Waals surface area contributed by atoms with Crippen LogP contribution < -0.4 is 9.62 Å². The van der Waals surface area contributed by atoms with E-state index in [2.05, 4.69) is 4.72 Å². The molecule has 8 heteroatoms. The van der Waals surface area contributed by atoms with Crippen LogP contribution in [0, 0.1) is 0 Å². The number of likely N-dealkylation sites (tertiary alicyclic amines) is 1. The van der Waals surface area contributed by atoms with Crippen molar-refractivity contribution in [1.82, 2.24) is 13.9 Å².